The molecule has 11 heteroatoms. The number of carbonyl (C=O) groups excluding carboxylic acids is 1. The summed E-state index contributed by atoms with van der Waals surface area (Å²) in [6, 6.07) is 0.978. The number of carbonyl (C=O) groups is 1. The predicted molar refractivity (Wildman–Crippen MR) is 87.0 cm³/mol. The van der Waals surface area contributed by atoms with Crippen molar-refractivity contribution < 1.29 is 13.9 Å². The number of hydrogen-bond donors (Lipinski definition) is 1. The zero-order valence-corrected chi connectivity index (χ0v) is 14.5. The Morgan fingerprint density at radius 2 is 2.26 bits per heavy atom. The van der Waals surface area contributed by atoms with Crippen LogP contribution >= 0.6 is 35.0 Å². The highest BCUT2D eigenvalue weighted by atomic mass is 35.5. The summed E-state index contributed by atoms with van der Waals surface area (Å²) >= 11 is 13.6. The number of rotatable bonds is 6. The van der Waals surface area contributed by atoms with Gasteiger partial charge in [-0.2, -0.15) is 11.8 Å². The van der Waals surface area contributed by atoms with Gasteiger partial charge in [0, 0.05) is 12.8 Å². The number of thioether (sulfide) groups is 1. The smallest absolute Gasteiger partial charge is 0.262 e. The molecule has 0 radical (unpaired) electrons. The zero-order chi connectivity index (χ0) is 17.0. The Morgan fingerprint density at radius 1 is 1.52 bits per heavy atom. The first-order valence-electron chi connectivity index (χ1n) is 6.28. The Morgan fingerprint density at radius 3 is 2.87 bits per heavy atom. The van der Waals surface area contributed by atoms with Gasteiger partial charge in [-0.15, -0.1) is 0 Å². The summed E-state index contributed by atoms with van der Waals surface area (Å²) in [7, 11) is 1.52. The molecule has 124 valence electrons. The van der Waals surface area contributed by atoms with Gasteiger partial charge in [0.15, 0.2) is 5.75 Å². The zero-order valence-electron chi connectivity index (χ0n) is 12.1. The summed E-state index contributed by atoms with van der Waals surface area (Å²) in [4.78, 5) is 12.3. The molecule has 1 N–H and O–H groups in total. The van der Waals surface area contributed by atoms with E-state index >= 15 is 0 Å². The molecule has 0 aliphatic carbocycles. The maximum Gasteiger partial charge on any atom is 0.262 e. The lowest BCUT2D eigenvalue weighted by molar-refractivity contribution is 0.102. The van der Waals surface area contributed by atoms with Crippen molar-refractivity contribution in [2.24, 2.45) is 7.05 Å². The van der Waals surface area contributed by atoms with Gasteiger partial charge in [0.05, 0.1) is 22.2 Å². The van der Waals surface area contributed by atoms with Crippen molar-refractivity contribution >= 4 is 46.8 Å². The molecule has 0 aliphatic heterocycles. The summed E-state index contributed by atoms with van der Waals surface area (Å²) in [6.07, 6.45) is 1.91. The van der Waals surface area contributed by atoms with Crippen LogP contribution in [-0.4, -0.2) is 44.7 Å². The maximum atomic E-state index is 14.1. The maximum absolute atomic E-state index is 14.1. The molecule has 0 bridgehead atoms. The number of aryl methyl sites for hydroxylation is 1. The van der Waals surface area contributed by atoms with Crippen LogP contribution in [0.15, 0.2) is 6.07 Å². The molecule has 2 rings (SSSR count). The number of aromatic nitrogens is 4. The van der Waals surface area contributed by atoms with Gasteiger partial charge in [-0.1, -0.05) is 28.3 Å². The highest BCUT2D eigenvalue weighted by Gasteiger charge is 2.24. The summed E-state index contributed by atoms with van der Waals surface area (Å²) in [6.45, 7) is 0.320. The number of halogens is 3. The van der Waals surface area contributed by atoms with E-state index in [9.17, 15) is 9.18 Å². The van der Waals surface area contributed by atoms with Crippen LogP contribution in [0, 0.1) is 5.82 Å². The lowest BCUT2D eigenvalue weighted by Crippen LogP contribution is -2.18. The fraction of sp³-hybridized carbons (Fsp3) is 0.333. The molecule has 0 aliphatic rings. The number of anilines is 1. The van der Waals surface area contributed by atoms with Crippen molar-refractivity contribution in [3.63, 3.8) is 0 Å². The second kappa shape index (κ2) is 7.80. The molecule has 7 nitrogen and oxygen atoms in total. The third-order valence-electron chi connectivity index (χ3n) is 2.73. The summed E-state index contributed by atoms with van der Waals surface area (Å²) in [5.41, 5.74) is -0.391. The van der Waals surface area contributed by atoms with Crippen LogP contribution < -0.4 is 10.1 Å². The Labute approximate surface area is 145 Å². The molecule has 0 atom stereocenters. The summed E-state index contributed by atoms with van der Waals surface area (Å²) < 4.78 is 20.8. The van der Waals surface area contributed by atoms with E-state index in [1.165, 1.54) is 11.7 Å². The first kappa shape index (κ1) is 17.8. The molecule has 0 fully saturated rings. The van der Waals surface area contributed by atoms with Crippen LogP contribution in [0.5, 0.6) is 5.75 Å². The van der Waals surface area contributed by atoms with E-state index in [0.717, 1.165) is 6.07 Å². The van der Waals surface area contributed by atoms with E-state index < -0.39 is 17.3 Å². The van der Waals surface area contributed by atoms with Gasteiger partial charge < -0.3 is 4.74 Å². The van der Waals surface area contributed by atoms with Gasteiger partial charge in [-0.05, 0) is 22.7 Å². The molecule has 0 unspecified atom stereocenters. The van der Waals surface area contributed by atoms with E-state index in [-0.39, 0.29) is 21.7 Å². The fourth-order valence-electron chi connectivity index (χ4n) is 1.64. The molecule has 1 aromatic carbocycles. The lowest BCUT2D eigenvalue weighted by atomic mass is 10.2. The van der Waals surface area contributed by atoms with E-state index in [0.29, 0.717) is 12.4 Å². The number of hydrogen-bond acceptors (Lipinski definition) is 6. The van der Waals surface area contributed by atoms with Crippen molar-refractivity contribution in [3.05, 3.63) is 27.5 Å². The van der Waals surface area contributed by atoms with E-state index in [1.807, 2.05) is 6.26 Å². The van der Waals surface area contributed by atoms with Crippen molar-refractivity contribution in [2.45, 2.75) is 0 Å². The first-order chi connectivity index (χ1) is 11.0. The van der Waals surface area contributed by atoms with Gasteiger partial charge in [0.25, 0.3) is 5.91 Å². The lowest BCUT2D eigenvalue weighted by Gasteiger charge is -2.13. The Balaban J connectivity index is 2.31. The van der Waals surface area contributed by atoms with Gasteiger partial charge in [0.1, 0.15) is 5.82 Å². The number of tetrazole rings is 1. The minimum Gasteiger partial charge on any atom is -0.490 e. The van der Waals surface area contributed by atoms with Crippen molar-refractivity contribution in [2.75, 3.05) is 23.9 Å². The van der Waals surface area contributed by atoms with Gasteiger partial charge in [-0.3, -0.25) is 10.1 Å². The van der Waals surface area contributed by atoms with Crippen molar-refractivity contribution in [1.82, 2.24) is 20.2 Å². The van der Waals surface area contributed by atoms with E-state index in [2.05, 4.69) is 20.8 Å². The molecule has 2 aromatic rings. The quantitative estimate of drug-likeness (QED) is 0.776. The second-order valence-electron chi connectivity index (χ2n) is 4.28. The average molecular weight is 380 g/mol. The first-order valence-corrected chi connectivity index (χ1v) is 8.43. The molecule has 0 spiro atoms. The SMILES string of the molecule is CSCCOc1c(Cl)cc(F)c(C(=O)Nc2nnnn2C)c1Cl. The Kier molecular flexibility index (Phi) is 6.03. The summed E-state index contributed by atoms with van der Waals surface area (Å²) in [5.74, 6) is -0.882. The molecule has 1 amide bonds. The number of nitrogens with zero attached hydrogens (tertiary/aromatic N) is 4. The third kappa shape index (κ3) is 4.04. The van der Waals surface area contributed by atoms with Crippen molar-refractivity contribution in [3.8, 4) is 5.75 Å². The van der Waals surface area contributed by atoms with Crippen LogP contribution in [0.1, 0.15) is 10.4 Å². The standard InChI is InChI=1S/C12H12Cl2FN5O2S/c1-20-12(17-18-19-20)16-11(21)8-7(15)5-6(13)10(9(8)14)22-3-4-23-2/h5H,3-4H2,1-2H3,(H,16,17,19,21). The normalized spacial score (nSPS) is 10.7. The number of amides is 1. The highest BCUT2D eigenvalue weighted by Crippen LogP contribution is 2.37. The van der Waals surface area contributed by atoms with Gasteiger partial charge in [-0.25, -0.2) is 9.07 Å². The minimum absolute atomic E-state index is 0.00882. The Bertz CT molecular complexity index is 728. The van der Waals surface area contributed by atoms with Crippen LogP contribution in [0.2, 0.25) is 10.0 Å². The molecule has 23 heavy (non-hydrogen) atoms. The highest BCUT2D eigenvalue weighted by molar-refractivity contribution is 7.98. The predicted octanol–water partition coefficient (Wildman–Crippen LogP) is 2.65. The van der Waals surface area contributed by atoms with Crippen molar-refractivity contribution in [1.29, 1.82) is 0 Å². The molecule has 1 heterocycles. The Hall–Kier alpha value is -1.58. The average Bonchev–Trinajstić information content (AvgIpc) is 2.87. The third-order valence-corrected chi connectivity index (χ3v) is 3.95. The fourth-order valence-corrected chi connectivity index (χ4v) is 2.51. The molecular formula is C12H12Cl2FN5O2S. The second-order valence-corrected chi connectivity index (χ2v) is 6.05. The molecular weight excluding hydrogens is 368 g/mol. The number of nitrogens with one attached hydrogen (secondary N) is 1. The van der Waals surface area contributed by atoms with Gasteiger partial charge in [0.2, 0.25) is 5.95 Å². The van der Waals surface area contributed by atoms with E-state index in [1.54, 1.807) is 11.8 Å². The van der Waals surface area contributed by atoms with Crippen LogP contribution in [-0.2, 0) is 7.05 Å². The van der Waals surface area contributed by atoms with Crippen LogP contribution in [0.25, 0.3) is 0 Å². The van der Waals surface area contributed by atoms with Crippen LogP contribution in [0.3, 0.4) is 0 Å². The number of ether oxygens (including phenoxy) is 1. The molecule has 1 aromatic heterocycles. The largest absolute Gasteiger partial charge is 0.490 e. The molecule has 0 saturated heterocycles. The monoisotopic (exact) mass is 379 g/mol. The topological polar surface area (TPSA) is 81.9 Å². The molecule has 0 saturated carbocycles. The van der Waals surface area contributed by atoms with Gasteiger partial charge >= 0.3 is 0 Å². The minimum atomic E-state index is -0.871. The summed E-state index contributed by atoms with van der Waals surface area (Å²) in [5, 5.41) is 12.7. The van der Waals surface area contributed by atoms with Crippen LogP contribution in [0.4, 0.5) is 10.3 Å². The van der Waals surface area contributed by atoms with E-state index in [4.69, 9.17) is 27.9 Å². The number of benzene rings is 1.